The van der Waals surface area contributed by atoms with Gasteiger partial charge in [-0.15, -0.1) is 23.5 Å². The zero-order chi connectivity index (χ0) is 10.1. The average molecular weight is 292 g/mol. The minimum absolute atomic E-state index is 0. The fourth-order valence-electron chi connectivity index (χ4n) is 0.276. The van der Waals surface area contributed by atoms with Crippen LogP contribution in [0.3, 0.4) is 0 Å². The summed E-state index contributed by atoms with van der Waals surface area (Å²) >= 11 is 11.8. The molecule has 0 unspecified atom stereocenters. The minimum atomic E-state index is 0. The van der Waals surface area contributed by atoms with Gasteiger partial charge in [0.2, 0.25) is 12.4 Å². The van der Waals surface area contributed by atoms with Crippen LogP contribution in [-0.4, -0.2) is 13.8 Å². The van der Waals surface area contributed by atoms with Gasteiger partial charge < -0.3 is 25.3 Å². The van der Waals surface area contributed by atoms with E-state index in [1.54, 1.807) is 12.4 Å². The van der Waals surface area contributed by atoms with Crippen LogP contribution in [-0.2, 0) is 25.3 Å². The molecule has 0 rings (SSSR count). The van der Waals surface area contributed by atoms with E-state index in [2.05, 4.69) is 9.98 Å². The Labute approximate surface area is 152 Å². The maximum Gasteiger partial charge on any atom is 1.00 e. The molecular formula is C5H2N4Na2S4. The number of nitriles is 2. The summed E-state index contributed by atoms with van der Waals surface area (Å²) in [5.74, 6) is 0. The average Bonchev–Trinajstić information content (AvgIpc) is 2.05. The van der Waals surface area contributed by atoms with E-state index in [1.807, 2.05) is 0 Å². The monoisotopic (exact) mass is 292 g/mol. The summed E-state index contributed by atoms with van der Waals surface area (Å²) in [4.78, 5) is 6.63. The molecule has 0 aromatic heterocycles. The molecule has 10 heteroatoms. The normalized spacial score (nSPS) is 10.3. The van der Waals surface area contributed by atoms with Gasteiger partial charge in [0.15, 0.2) is 0 Å². The maximum absolute atomic E-state index is 8.12. The summed E-state index contributed by atoms with van der Waals surface area (Å²) in [6, 6.07) is 0. The minimum Gasteiger partial charge on any atom is -0.752 e. The van der Waals surface area contributed by atoms with Crippen molar-refractivity contribution >= 4 is 57.5 Å². The van der Waals surface area contributed by atoms with Gasteiger partial charge >= 0.3 is 59.1 Å². The van der Waals surface area contributed by atoms with Crippen molar-refractivity contribution in [3.63, 3.8) is 0 Å². The SMILES string of the molecule is N#CN=C([S-])SCSC([S-])=NC#N.[Na+].[Na+]. The van der Waals surface area contributed by atoms with E-state index in [0.717, 1.165) is 0 Å². The molecule has 0 atom stereocenters. The number of hydrogen-bond donors (Lipinski definition) is 0. The number of nitrogens with zero attached hydrogens (tertiary/aromatic N) is 4. The topological polar surface area (TPSA) is 72.3 Å². The van der Waals surface area contributed by atoms with E-state index in [-0.39, 0.29) is 67.9 Å². The van der Waals surface area contributed by atoms with Crippen molar-refractivity contribution in [2.24, 2.45) is 9.98 Å². The summed E-state index contributed by atoms with van der Waals surface area (Å²) < 4.78 is 0.518. The molecule has 4 nitrogen and oxygen atoms in total. The predicted octanol–water partition coefficient (Wildman–Crippen LogP) is -4.81. The summed E-state index contributed by atoms with van der Waals surface area (Å²) in [5, 5.41) is 16.7. The van der Waals surface area contributed by atoms with Crippen LogP contribution < -0.4 is 59.1 Å². The molecular weight excluding hydrogens is 290 g/mol. The van der Waals surface area contributed by atoms with E-state index in [1.165, 1.54) is 23.5 Å². The van der Waals surface area contributed by atoms with Gasteiger partial charge in [-0.1, -0.05) is 0 Å². The Morgan fingerprint density at radius 3 is 1.60 bits per heavy atom. The van der Waals surface area contributed by atoms with Gasteiger partial charge in [0.1, 0.15) is 0 Å². The fraction of sp³-hybridized carbons (Fsp3) is 0.200. The van der Waals surface area contributed by atoms with Crippen LogP contribution in [0.25, 0.3) is 0 Å². The van der Waals surface area contributed by atoms with Crippen molar-refractivity contribution < 1.29 is 59.1 Å². The third kappa shape index (κ3) is 15.5. The second kappa shape index (κ2) is 15.5. The van der Waals surface area contributed by atoms with E-state index in [4.69, 9.17) is 35.8 Å². The molecule has 0 spiro atoms. The molecule has 0 saturated heterocycles. The van der Waals surface area contributed by atoms with Gasteiger partial charge in [-0.25, -0.2) is 0 Å². The first-order chi connectivity index (χ1) is 6.20. The zero-order valence-corrected chi connectivity index (χ0v) is 15.4. The second-order valence-electron chi connectivity index (χ2n) is 1.36. The third-order valence-corrected chi connectivity index (χ3v) is 3.16. The Bertz CT molecular complexity index is 275. The molecule has 0 aliphatic rings. The number of hydrogen-bond acceptors (Lipinski definition) is 8. The summed E-state index contributed by atoms with van der Waals surface area (Å²) in [5.41, 5.74) is 0. The van der Waals surface area contributed by atoms with Crippen molar-refractivity contribution in [1.82, 2.24) is 0 Å². The first-order valence-corrected chi connectivity index (χ1v) is 5.52. The molecule has 68 valence electrons. The maximum atomic E-state index is 8.12. The predicted molar refractivity (Wildman–Crippen MR) is 60.9 cm³/mol. The quantitative estimate of drug-likeness (QED) is 0.127. The van der Waals surface area contributed by atoms with Crippen LogP contribution in [0.15, 0.2) is 9.98 Å². The number of aliphatic imine (C=N–C) groups is 2. The van der Waals surface area contributed by atoms with Crippen molar-refractivity contribution in [2.75, 3.05) is 5.08 Å². The molecule has 0 aromatic carbocycles. The van der Waals surface area contributed by atoms with E-state index in [9.17, 15) is 0 Å². The van der Waals surface area contributed by atoms with E-state index < -0.39 is 0 Å². The van der Waals surface area contributed by atoms with Crippen LogP contribution in [0.1, 0.15) is 0 Å². The van der Waals surface area contributed by atoms with Gasteiger partial charge in [-0.2, -0.15) is 20.5 Å². The van der Waals surface area contributed by atoms with Crippen molar-refractivity contribution in [3.05, 3.63) is 0 Å². The van der Waals surface area contributed by atoms with Crippen LogP contribution in [0, 0.1) is 22.9 Å². The largest absolute Gasteiger partial charge is 1.00 e. The number of rotatable bonds is 2. The Morgan fingerprint density at radius 1 is 1.00 bits per heavy atom. The van der Waals surface area contributed by atoms with Crippen LogP contribution in [0.5, 0.6) is 0 Å². The molecule has 0 bridgehead atoms. The standard InChI is InChI=1S/C5H4N4S4.2Na/c6-1-8-4(10)12-3-13-5(11)9-2-7;;/h3H2,(H,8,10)(H,9,11);;/q;2*+1/p-2. The smallest absolute Gasteiger partial charge is 0.752 e. The summed E-state index contributed by atoms with van der Waals surface area (Å²) in [6.45, 7) is 0. The van der Waals surface area contributed by atoms with Crippen LogP contribution in [0.4, 0.5) is 0 Å². The molecule has 0 N–H and O–H groups in total. The fourth-order valence-corrected chi connectivity index (χ4v) is 2.48. The Kier molecular flexibility index (Phi) is 22.4. The Balaban J connectivity index is -0.000000720. The van der Waals surface area contributed by atoms with E-state index >= 15 is 0 Å². The van der Waals surface area contributed by atoms with Crippen molar-refractivity contribution in [2.45, 2.75) is 0 Å². The van der Waals surface area contributed by atoms with Gasteiger partial charge in [-0.3, -0.25) is 0 Å². The zero-order valence-electron chi connectivity index (χ0n) is 8.13. The molecule has 0 heterocycles. The molecule has 0 aromatic rings. The molecule has 15 heavy (non-hydrogen) atoms. The van der Waals surface area contributed by atoms with Crippen LogP contribution in [0.2, 0.25) is 0 Å². The number of thioether (sulfide) groups is 2. The van der Waals surface area contributed by atoms with Crippen molar-refractivity contribution in [3.8, 4) is 12.4 Å². The summed E-state index contributed by atoms with van der Waals surface area (Å²) in [7, 11) is 0. The van der Waals surface area contributed by atoms with Gasteiger partial charge in [0, 0.05) is 5.08 Å². The Morgan fingerprint density at radius 2 is 1.33 bits per heavy atom. The molecule has 0 fully saturated rings. The van der Waals surface area contributed by atoms with E-state index in [0.29, 0.717) is 5.08 Å². The molecule has 0 amide bonds. The van der Waals surface area contributed by atoms with Gasteiger partial charge in [-0.05, 0) is 8.75 Å². The molecule has 0 aliphatic carbocycles. The Hall–Kier alpha value is 1.46. The van der Waals surface area contributed by atoms with Crippen molar-refractivity contribution in [1.29, 1.82) is 10.5 Å². The molecule has 0 aliphatic heterocycles. The summed E-state index contributed by atoms with van der Waals surface area (Å²) in [6.07, 6.45) is 3.15. The molecule has 0 radical (unpaired) electrons. The first kappa shape index (κ1) is 21.7. The first-order valence-electron chi connectivity index (χ1n) is 2.74. The van der Waals surface area contributed by atoms with Gasteiger partial charge in [0.25, 0.3) is 0 Å². The van der Waals surface area contributed by atoms with Crippen LogP contribution >= 0.6 is 23.5 Å². The second-order valence-corrected chi connectivity index (χ2v) is 4.95. The third-order valence-electron chi connectivity index (χ3n) is 0.647. The van der Waals surface area contributed by atoms with Gasteiger partial charge in [0.05, 0.1) is 0 Å². The molecule has 0 saturated carbocycles.